The highest BCUT2D eigenvalue weighted by Crippen LogP contribution is 2.44. The molecule has 160 valence electrons. The summed E-state index contributed by atoms with van der Waals surface area (Å²) in [4.78, 5) is 26.6. The van der Waals surface area contributed by atoms with Crippen molar-refractivity contribution in [1.82, 2.24) is 19.6 Å². The molecular formula is C22H26N8O. The van der Waals surface area contributed by atoms with E-state index in [1.807, 2.05) is 38.1 Å². The van der Waals surface area contributed by atoms with E-state index in [0.717, 1.165) is 24.0 Å². The lowest BCUT2D eigenvalue weighted by Gasteiger charge is -2.23. The van der Waals surface area contributed by atoms with Gasteiger partial charge < -0.3 is 16.9 Å². The molecule has 4 rings (SSSR count). The van der Waals surface area contributed by atoms with Crippen molar-refractivity contribution in [3.63, 3.8) is 0 Å². The number of carbonyl (C=O) groups excluding carboxylic acids is 1. The van der Waals surface area contributed by atoms with E-state index in [1.165, 1.54) is 10.9 Å². The number of hydrogen-bond donors (Lipinski definition) is 4. The zero-order valence-electron chi connectivity index (χ0n) is 17.9. The number of anilines is 2. The predicted molar refractivity (Wildman–Crippen MR) is 119 cm³/mol. The Labute approximate surface area is 180 Å². The SMILES string of the molecule is CCCCc1nc(-c2nc(N)c3c(n2)NC(=O)C3(C)c2cccc(C)c2)cn(N)c1=N. The zero-order chi connectivity index (χ0) is 22.3. The molecule has 1 aliphatic rings. The first-order chi connectivity index (χ1) is 14.8. The number of benzene rings is 1. The third-order valence-corrected chi connectivity index (χ3v) is 5.76. The number of aromatic nitrogens is 4. The Morgan fingerprint density at radius 2 is 2.03 bits per heavy atom. The van der Waals surface area contributed by atoms with Gasteiger partial charge in [0.05, 0.1) is 17.5 Å². The number of fused-ring (bicyclic) bond motifs is 1. The largest absolute Gasteiger partial charge is 0.383 e. The van der Waals surface area contributed by atoms with Gasteiger partial charge >= 0.3 is 0 Å². The summed E-state index contributed by atoms with van der Waals surface area (Å²) in [6.45, 7) is 5.87. The summed E-state index contributed by atoms with van der Waals surface area (Å²) in [7, 11) is 0. The van der Waals surface area contributed by atoms with E-state index in [-0.39, 0.29) is 23.0 Å². The monoisotopic (exact) mass is 418 g/mol. The highest BCUT2D eigenvalue weighted by molar-refractivity contribution is 6.09. The molecule has 0 bridgehead atoms. The fourth-order valence-electron chi connectivity index (χ4n) is 3.95. The number of unbranched alkanes of at least 4 members (excludes halogenated alkanes) is 1. The summed E-state index contributed by atoms with van der Waals surface area (Å²) < 4.78 is 1.20. The van der Waals surface area contributed by atoms with Crippen LogP contribution >= 0.6 is 0 Å². The van der Waals surface area contributed by atoms with Crippen molar-refractivity contribution in [2.45, 2.75) is 45.4 Å². The molecule has 3 heterocycles. The lowest BCUT2D eigenvalue weighted by Crippen LogP contribution is -2.33. The quantitative estimate of drug-likeness (QED) is 0.466. The minimum Gasteiger partial charge on any atom is -0.383 e. The normalized spacial score (nSPS) is 17.5. The van der Waals surface area contributed by atoms with Crippen molar-refractivity contribution < 1.29 is 4.79 Å². The van der Waals surface area contributed by atoms with Crippen LogP contribution in [0.15, 0.2) is 30.5 Å². The van der Waals surface area contributed by atoms with Crippen molar-refractivity contribution >= 4 is 17.5 Å². The maximum atomic E-state index is 13.0. The van der Waals surface area contributed by atoms with Crippen LogP contribution in [-0.2, 0) is 16.6 Å². The Morgan fingerprint density at radius 1 is 1.26 bits per heavy atom. The zero-order valence-corrected chi connectivity index (χ0v) is 17.9. The molecule has 6 N–H and O–H groups in total. The third-order valence-electron chi connectivity index (χ3n) is 5.76. The van der Waals surface area contributed by atoms with Gasteiger partial charge in [0.1, 0.15) is 22.7 Å². The predicted octanol–water partition coefficient (Wildman–Crippen LogP) is 2.02. The number of aryl methyl sites for hydroxylation is 2. The fourth-order valence-corrected chi connectivity index (χ4v) is 3.95. The number of amides is 1. The topological polar surface area (TPSA) is 149 Å². The Hall–Kier alpha value is -3.75. The van der Waals surface area contributed by atoms with Crippen LogP contribution in [0.4, 0.5) is 11.6 Å². The fraction of sp³-hybridized carbons (Fsp3) is 0.318. The van der Waals surface area contributed by atoms with Gasteiger partial charge in [-0.1, -0.05) is 43.2 Å². The standard InChI is InChI=1S/C22H26N8O/c1-4-5-9-14-18(24)30(25)11-15(26-14)19-27-17(23)16-20(28-19)29-21(31)22(16,3)13-8-6-7-12(2)10-13/h6-8,10-11,24H,4-5,9,25H2,1-3H3,(H3,23,27,28,29,31). The van der Waals surface area contributed by atoms with Crippen LogP contribution in [0.25, 0.3) is 11.5 Å². The van der Waals surface area contributed by atoms with Crippen molar-refractivity contribution in [1.29, 1.82) is 5.41 Å². The summed E-state index contributed by atoms with van der Waals surface area (Å²) in [6, 6.07) is 7.76. The Bertz CT molecular complexity index is 1250. The van der Waals surface area contributed by atoms with E-state index in [4.69, 9.17) is 17.0 Å². The molecule has 1 aromatic carbocycles. The van der Waals surface area contributed by atoms with Gasteiger partial charge in [-0.3, -0.25) is 10.2 Å². The number of nitrogen functional groups attached to an aromatic ring is 2. The summed E-state index contributed by atoms with van der Waals surface area (Å²) in [5.74, 6) is 6.58. The molecule has 0 spiro atoms. The molecule has 9 heteroatoms. The number of hydrogen-bond acceptors (Lipinski definition) is 7. The number of nitrogens with two attached hydrogens (primary N) is 2. The van der Waals surface area contributed by atoms with E-state index in [0.29, 0.717) is 29.2 Å². The van der Waals surface area contributed by atoms with Crippen molar-refractivity contribution in [2.75, 3.05) is 16.9 Å². The van der Waals surface area contributed by atoms with Gasteiger partial charge in [-0.2, -0.15) is 0 Å². The van der Waals surface area contributed by atoms with E-state index >= 15 is 0 Å². The summed E-state index contributed by atoms with van der Waals surface area (Å²) >= 11 is 0. The Morgan fingerprint density at radius 3 is 2.74 bits per heavy atom. The maximum absolute atomic E-state index is 13.0. The van der Waals surface area contributed by atoms with E-state index in [2.05, 4.69) is 27.2 Å². The van der Waals surface area contributed by atoms with Gasteiger partial charge in [0, 0.05) is 0 Å². The summed E-state index contributed by atoms with van der Waals surface area (Å²) in [5.41, 5.74) is 8.90. The first kappa shape index (κ1) is 20.5. The highest BCUT2D eigenvalue weighted by Gasteiger charge is 2.47. The second-order valence-corrected chi connectivity index (χ2v) is 8.04. The molecule has 9 nitrogen and oxygen atoms in total. The molecule has 2 aromatic heterocycles. The first-order valence-corrected chi connectivity index (χ1v) is 10.2. The van der Waals surface area contributed by atoms with E-state index in [1.54, 1.807) is 0 Å². The molecule has 0 saturated heterocycles. The van der Waals surface area contributed by atoms with Gasteiger partial charge in [-0.05, 0) is 32.3 Å². The average molecular weight is 419 g/mol. The summed E-state index contributed by atoms with van der Waals surface area (Å²) in [6.07, 6.45) is 3.99. The van der Waals surface area contributed by atoms with Crippen molar-refractivity contribution in [3.8, 4) is 11.5 Å². The molecule has 0 saturated carbocycles. The maximum Gasteiger partial charge on any atom is 0.240 e. The van der Waals surface area contributed by atoms with Crippen LogP contribution < -0.4 is 22.4 Å². The van der Waals surface area contributed by atoms with E-state index in [9.17, 15) is 4.79 Å². The average Bonchev–Trinajstić information content (AvgIpc) is 3.00. The van der Waals surface area contributed by atoms with Crippen LogP contribution in [0.3, 0.4) is 0 Å². The molecule has 1 atom stereocenters. The highest BCUT2D eigenvalue weighted by atomic mass is 16.2. The molecule has 0 fully saturated rings. The van der Waals surface area contributed by atoms with Gasteiger partial charge in [0.15, 0.2) is 11.3 Å². The lowest BCUT2D eigenvalue weighted by molar-refractivity contribution is -0.119. The number of nitrogens with one attached hydrogen (secondary N) is 2. The van der Waals surface area contributed by atoms with Gasteiger partial charge in [0.2, 0.25) is 5.91 Å². The number of carbonyl (C=O) groups is 1. The van der Waals surface area contributed by atoms with Crippen molar-refractivity contribution in [2.24, 2.45) is 0 Å². The second-order valence-electron chi connectivity index (χ2n) is 8.04. The molecule has 0 radical (unpaired) electrons. The Balaban J connectivity index is 1.84. The molecule has 1 unspecified atom stereocenters. The minimum absolute atomic E-state index is 0.145. The van der Waals surface area contributed by atoms with E-state index < -0.39 is 5.41 Å². The molecule has 1 aliphatic heterocycles. The molecule has 3 aromatic rings. The molecule has 1 amide bonds. The van der Waals surface area contributed by atoms with Gasteiger partial charge in [-0.25, -0.2) is 19.6 Å². The molecule has 0 aliphatic carbocycles. The van der Waals surface area contributed by atoms with Crippen LogP contribution in [0, 0.1) is 12.3 Å². The number of nitrogens with zero attached hydrogens (tertiary/aromatic N) is 4. The Kier molecular flexibility index (Phi) is 4.96. The molecular weight excluding hydrogens is 392 g/mol. The lowest BCUT2D eigenvalue weighted by atomic mass is 9.77. The van der Waals surface area contributed by atoms with Crippen LogP contribution in [0.5, 0.6) is 0 Å². The smallest absolute Gasteiger partial charge is 0.240 e. The first-order valence-electron chi connectivity index (χ1n) is 10.2. The number of rotatable bonds is 5. The van der Waals surface area contributed by atoms with Crippen molar-refractivity contribution in [3.05, 3.63) is 58.3 Å². The molecule has 31 heavy (non-hydrogen) atoms. The van der Waals surface area contributed by atoms with Crippen LogP contribution in [0.2, 0.25) is 0 Å². The van der Waals surface area contributed by atoms with Gasteiger partial charge in [0.25, 0.3) is 0 Å². The minimum atomic E-state index is -0.998. The second kappa shape index (κ2) is 7.50. The van der Waals surface area contributed by atoms with Crippen LogP contribution in [0.1, 0.15) is 49.1 Å². The van der Waals surface area contributed by atoms with Gasteiger partial charge in [-0.15, -0.1) is 0 Å². The third kappa shape index (κ3) is 3.31. The summed E-state index contributed by atoms with van der Waals surface area (Å²) in [5, 5.41) is 11.0. The van der Waals surface area contributed by atoms with Crippen LogP contribution in [-0.4, -0.2) is 25.5 Å².